The van der Waals surface area contributed by atoms with Crippen LogP contribution in [-0.4, -0.2) is 23.7 Å². The van der Waals surface area contributed by atoms with Crippen molar-refractivity contribution >= 4 is 34.6 Å². The molecule has 2 rings (SSSR count). The third-order valence-corrected chi connectivity index (χ3v) is 5.28. The van der Waals surface area contributed by atoms with Gasteiger partial charge < -0.3 is 15.3 Å². The maximum absolute atomic E-state index is 11.3. The molecule has 2 aromatic rings. The van der Waals surface area contributed by atoms with E-state index in [2.05, 4.69) is 56.1 Å². The van der Waals surface area contributed by atoms with Crippen molar-refractivity contribution in [2.24, 2.45) is 5.92 Å². The second-order valence-electron chi connectivity index (χ2n) is 8.25. The lowest BCUT2D eigenvalue weighted by Crippen LogP contribution is -2.34. The first kappa shape index (κ1) is 23.1. The fourth-order valence-corrected chi connectivity index (χ4v) is 3.66. The second kappa shape index (κ2) is 10.5. The van der Waals surface area contributed by atoms with E-state index in [1.54, 1.807) is 0 Å². The van der Waals surface area contributed by atoms with Crippen LogP contribution in [0.25, 0.3) is 0 Å². The van der Waals surface area contributed by atoms with Crippen molar-refractivity contribution in [1.29, 1.82) is 0 Å². The Labute approximate surface area is 179 Å². The maximum atomic E-state index is 11.3. The Bertz CT molecular complexity index is 803. The number of carbonyl (C=O) groups is 1. The van der Waals surface area contributed by atoms with Gasteiger partial charge in [0, 0.05) is 23.3 Å². The van der Waals surface area contributed by atoms with Crippen LogP contribution in [0.3, 0.4) is 0 Å². The van der Waals surface area contributed by atoms with Crippen molar-refractivity contribution in [2.75, 3.05) is 16.8 Å². The highest BCUT2D eigenvalue weighted by atomic mass is 35.5. The van der Waals surface area contributed by atoms with E-state index >= 15 is 0 Å². The van der Waals surface area contributed by atoms with Gasteiger partial charge in [-0.1, -0.05) is 38.4 Å². The van der Waals surface area contributed by atoms with E-state index in [1.165, 1.54) is 0 Å². The summed E-state index contributed by atoms with van der Waals surface area (Å²) in [7, 11) is 0. The monoisotopic (exact) mass is 416 g/mol. The largest absolute Gasteiger partial charge is 0.481 e. The average Bonchev–Trinajstić information content (AvgIpc) is 2.65. The van der Waals surface area contributed by atoms with E-state index in [9.17, 15) is 9.90 Å². The normalized spacial score (nSPS) is 12.3. The van der Waals surface area contributed by atoms with E-state index in [0.29, 0.717) is 17.0 Å². The first-order valence-corrected chi connectivity index (χ1v) is 10.7. The maximum Gasteiger partial charge on any atom is 0.303 e. The molecule has 5 heteroatoms. The quantitative estimate of drug-likeness (QED) is 0.441. The Hall–Kier alpha value is -2.20. The summed E-state index contributed by atoms with van der Waals surface area (Å²) in [5, 5.41) is 13.5. The van der Waals surface area contributed by atoms with Crippen molar-refractivity contribution in [3.05, 3.63) is 53.1 Å². The number of anilines is 3. The molecule has 0 spiro atoms. The zero-order valence-electron chi connectivity index (χ0n) is 18.1. The zero-order valence-corrected chi connectivity index (χ0v) is 18.8. The number of hydrogen-bond donors (Lipinski definition) is 2. The molecule has 0 aliphatic heterocycles. The molecule has 0 aliphatic carbocycles. The van der Waals surface area contributed by atoms with Gasteiger partial charge in [-0.25, -0.2) is 0 Å². The molecule has 1 unspecified atom stereocenters. The lowest BCUT2D eigenvalue weighted by Gasteiger charge is -2.33. The van der Waals surface area contributed by atoms with Gasteiger partial charge in [0.15, 0.2) is 0 Å². The van der Waals surface area contributed by atoms with Crippen LogP contribution in [0.1, 0.15) is 58.9 Å². The molecule has 158 valence electrons. The van der Waals surface area contributed by atoms with Gasteiger partial charge in [0.05, 0.1) is 17.8 Å². The Morgan fingerprint density at radius 3 is 2.28 bits per heavy atom. The van der Waals surface area contributed by atoms with E-state index in [0.717, 1.165) is 35.6 Å². The van der Waals surface area contributed by atoms with E-state index < -0.39 is 5.97 Å². The van der Waals surface area contributed by atoms with Crippen LogP contribution in [0.15, 0.2) is 42.5 Å². The first-order valence-electron chi connectivity index (χ1n) is 10.4. The Morgan fingerprint density at radius 1 is 1.10 bits per heavy atom. The van der Waals surface area contributed by atoms with E-state index in [4.69, 9.17) is 11.6 Å². The smallest absolute Gasteiger partial charge is 0.303 e. The highest BCUT2D eigenvalue weighted by Gasteiger charge is 2.20. The molecule has 29 heavy (non-hydrogen) atoms. The van der Waals surface area contributed by atoms with Gasteiger partial charge in [-0.2, -0.15) is 0 Å². The van der Waals surface area contributed by atoms with Gasteiger partial charge in [0.1, 0.15) is 0 Å². The van der Waals surface area contributed by atoms with Crippen molar-refractivity contribution in [3.63, 3.8) is 0 Å². The molecule has 0 aliphatic rings. The van der Waals surface area contributed by atoms with Gasteiger partial charge in [0.25, 0.3) is 0 Å². The van der Waals surface area contributed by atoms with E-state index in [1.807, 2.05) is 31.2 Å². The summed E-state index contributed by atoms with van der Waals surface area (Å²) in [5.74, 6) is -0.252. The number of aliphatic carboxylic acids is 1. The van der Waals surface area contributed by atoms with E-state index in [-0.39, 0.29) is 12.3 Å². The lowest BCUT2D eigenvalue weighted by molar-refractivity contribution is -0.137. The highest BCUT2D eigenvalue weighted by molar-refractivity contribution is 6.30. The van der Waals surface area contributed by atoms with Crippen molar-refractivity contribution in [2.45, 2.75) is 59.4 Å². The molecule has 0 saturated heterocycles. The number of carboxylic acid groups (broad SMARTS) is 1. The molecule has 1 atom stereocenters. The van der Waals surface area contributed by atoms with Crippen LogP contribution < -0.4 is 10.2 Å². The molecular formula is C24H33ClN2O2. The third-order valence-electron chi connectivity index (χ3n) is 5.02. The number of nitrogens with one attached hydrogen (secondary N) is 1. The average molecular weight is 417 g/mol. The summed E-state index contributed by atoms with van der Waals surface area (Å²) >= 11 is 6.04. The minimum Gasteiger partial charge on any atom is -0.481 e. The molecule has 0 saturated carbocycles. The number of nitrogens with zero attached hydrogens (tertiary/aromatic N) is 1. The molecule has 2 aromatic carbocycles. The van der Waals surface area contributed by atoms with Gasteiger partial charge >= 0.3 is 5.97 Å². The first-order chi connectivity index (χ1) is 13.7. The molecule has 2 N–H and O–H groups in total. The Kier molecular flexibility index (Phi) is 8.39. The predicted octanol–water partition coefficient (Wildman–Crippen LogP) is 6.92. The summed E-state index contributed by atoms with van der Waals surface area (Å²) in [5.41, 5.74) is 4.11. The zero-order chi connectivity index (χ0) is 21.6. The number of benzene rings is 2. The van der Waals surface area contributed by atoms with Crippen LogP contribution in [0, 0.1) is 5.92 Å². The summed E-state index contributed by atoms with van der Waals surface area (Å²) in [6.07, 6.45) is 0.919. The minimum absolute atomic E-state index is 0.00934. The topological polar surface area (TPSA) is 52.6 Å². The molecule has 0 fully saturated rings. The molecule has 0 radical (unpaired) electrons. The number of rotatable bonds is 10. The van der Waals surface area contributed by atoms with Crippen molar-refractivity contribution in [1.82, 2.24) is 0 Å². The molecule has 0 amide bonds. The SMILES string of the molecule is CCC(CC(=O)O)c1ccc(N(CC(C)C)C(C)C)c(Nc2ccc(Cl)cc2)c1. The van der Waals surface area contributed by atoms with Gasteiger partial charge in [-0.3, -0.25) is 4.79 Å². The molecule has 0 bridgehead atoms. The lowest BCUT2D eigenvalue weighted by atomic mass is 9.92. The van der Waals surface area contributed by atoms with Crippen LogP contribution in [0.5, 0.6) is 0 Å². The number of carboxylic acids is 1. The van der Waals surface area contributed by atoms with Crippen LogP contribution in [0.2, 0.25) is 5.02 Å². The second-order valence-corrected chi connectivity index (χ2v) is 8.69. The fraction of sp³-hybridized carbons (Fsp3) is 0.458. The molecule has 0 heterocycles. The minimum atomic E-state index is -0.767. The summed E-state index contributed by atoms with van der Waals surface area (Å²) in [6, 6.07) is 14.3. The van der Waals surface area contributed by atoms with Crippen LogP contribution in [0.4, 0.5) is 17.1 Å². The van der Waals surface area contributed by atoms with Crippen LogP contribution >= 0.6 is 11.6 Å². The Morgan fingerprint density at radius 2 is 1.76 bits per heavy atom. The van der Waals surface area contributed by atoms with Gasteiger partial charge in [-0.15, -0.1) is 0 Å². The molecule has 4 nitrogen and oxygen atoms in total. The summed E-state index contributed by atoms with van der Waals surface area (Å²) in [4.78, 5) is 13.7. The van der Waals surface area contributed by atoms with Crippen LogP contribution in [-0.2, 0) is 4.79 Å². The summed E-state index contributed by atoms with van der Waals surface area (Å²) < 4.78 is 0. The van der Waals surface area contributed by atoms with Crippen molar-refractivity contribution in [3.8, 4) is 0 Å². The standard InChI is InChI=1S/C24H33ClN2O2/c1-6-18(14-24(28)29)19-7-12-23(27(17(4)5)15-16(2)3)22(13-19)26-21-10-8-20(25)9-11-21/h7-13,16-18,26H,6,14-15H2,1-5H3,(H,28,29). The molecular weight excluding hydrogens is 384 g/mol. The number of hydrogen-bond acceptors (Lipinski definition) is 3. The van der Waals surface area contributed by atoms with Gasteiger partial charge in [0.2, 0.25) is 0 Å². The fourth-order valence-electron chi connectivity index (χ4n) is 3.54. The predicted molar refractivity (Wildman–Crippen MR) is 124 cm³/mol. The van der Waals surface area contributed by atoms with Gasteiger partial charge in [-0.05, 0) is 74.1 Å². The number of halogens is 1. The highest BCUT2D eigenvalue weighted by Crippen LogP contribution is 2.35. The molecule has 0 aromatic heterocycles. The Balaban J connectivity index is 2.50. The van der Waals surface area contributed by atoms with Crippen molar-refractivity contribution < 1.29 is 9.90 Å². The summed E-state index contributed by atoms with van der Waals surface area (Å²) in [6.45, 7) is 11.8. The third kappa shape index (κ3) is 6.67.